The van der Waals surface area contributed by atoms with E-state index in [1.54, 1.807) is 11.3 Å². The zero-order chi connectivity index (χ0) is 17.6. The van der Waals surface area contributed by atoms with Crippen molar-refractivity contribution in [2.75, 3.05) is 26.2 Å². The minimum atomic E-state index is -0.0688. The highest BCUT2D eigenvalue weighted by Gasteiger charge is 2.24. The number of thiophene rings is 1. The number of aryl methyl sites for hydroxylation is 2. The van der Waals surface area contributed by atoms with Gasteiger partial charge in [-0.3, -0.25) is 9.69 Å². The second-order valence-electron chi connectivity index (χ2n) is 6.64. The number of benzene rings is 1. The van der Waals surface area contributed by atoms with E-state index in [4.69, 9.17) is 4.74 Å². The van der Waals surface area contributed by atoms with Crippen LogP contribution in [0.3, 0.4) is 0 Å². The van der Waals surface area contributed by atoms with Crippen LogP contribution in [0.1, 0.15) is 34.9 Å². The first kappa shape index (κ1) is 18.0. The molecule has 1 unspecified atom stereocenters. The number of ether oxygens (including phenoxy) is 1. The van der Waals surface area contributed by atoms with Crippen molar-refractivity contribution >= 4 is 17.2 Å². The summed E-state index contributed by atoms with van der Waals surface area (Å²) in [7, 11) is 0. The largest absolute Gasteiger partial charge is 0.484 e. The Morgan fingerprint density at radius 1 is 1.28 bits per heavy atom. The summed E-state index contributed by atoms with van der Waals surface area (Å²) in [6.07, 6.45) is 2.48. The number of nitrogens with zero attached hydrogens (tertiary/aromatic N) is 1. The van der Waals surface area contributed by atoms with Crippen molar-refractivity contribution in [3.63, 3.8) is 0 Å². The standard InChI is InChI=1S/C20H26N2O2S/c1-15-7-8-18(16(2)12-15)24-14-20(23)21-13-17(19-6-5-11-25-19)22-9-3-4-10-22/h5-8,11-12,17H,3-4,9-10,13-14H2,1-2H3,(H,21,23). The second-order valence-corrected chi connectivity index (χ2v) is 7.62. The molecule has 1 atom stereocenters. The lowest BCUT2D eigenvalue weighted by Crippen LogP contribution is -2.38. The van der Waals surface area contributed by atoms with Crippen molar-refractivity contribution in [1.82, 2.24) is 10.2 Å². The van der Waals surface area contributed by atoms with Gasteiger partial charge in [0.05, 0.1) is 6.04 Å². The van der Waals surface area contributed by atoms with Crippen molar-refractivity contribution < 1.29 is 9.53 Å². The molecule has 0 aliphatic carbocycles. The Kier molecular flexibility index (Phi) is 6.10. The molecule has 1 aliphatic rings. The SMILES string of the molecule is Cc1ccc(OCC(=O)NCC(c2cccs2)N2CCCC2)c(C)c1. The van der Waals surface area contributed by atoms with Crippen molar-refractivity contribution in [2.24, 2.45) is 0 Å². The molecule has 0 saturated carbocycles. The van der Waals surface area contributed by atoms with E-state index in [0.717, 1.165) is 24.4 Å². The summed E-state index contributed by atoms with van der Waals surface area (Å²) in [5, 5.41) is 5.15. The number of amides is 1. The Morgan fingerprint density at radius 3 is 2.76 bits per heavy atom. The van der Waals surface area contributed by atoms with Crippen LogP contribution in [0.25, 0.3) is 0 Å². The summed E-state index contributed by atoms with van der Waals surface area (Å²) in [6, 6.07) is 10.5. The Balaban J connectivity index is 1.53. The third kappa shape index (κ3) is 4.83. The maximum atomic E-state index is 12.2. The highest BCUT2D eigenvalue weighted by molar-refractivity contribution is 7.10. The summed E-state index contributed by atoms with van der Waals surface area (Å²) in [5.74, 6) is 0.704. The number of likely N-dealkylation sites (tertiary alicyclic amines) is 1. The molecule has 0 bridgehead atoms. The van der Waals surface area contributed by atoms with E-state index in [1.165, 1.54) is 23.3 Å². The highest BCUT2D eigenvalue weighted by atomic mass is 32.1. The van der Waals surface area contributed by atoms with Crippen LogP contribution in [0.5, 0.6) is 5.75 Å². The first-order chi connectivity index (χ1) is 12.1. The van der Waals surface area contributed by atoms with Gasteiger partial charge in [0.1, 0.15) is 5.75 Å². The minimum absolute atomic E-state index is 0.0566. The molecule has 1 aromatic heterocycles. The van der Waals surface area contributed by atoms with E-state index in [0.29, 0.717) is 6.54 Å². The monoisotopic (exact) mass is 358 g/mol. The summed E-state index contributed by atoms with van der Waals surface area (Å²) < 4.78 is 5.68. The van der Waals surface area contributed by atoms with Gasteiger partial charge >= 0.3 is 0 Å². The molecule has 1 N–H and O–H groups in total. The van der Waals surface area contributed by atoms with Gasteiger partial charge in [0.25, 0.3) is 5.91 Å². The lowest BCUT2D eigenvalue weighted by molar-refractivity contribution is -0.123. The zero-order valence-electron chi connectivity index (χ0n) is 15.0. The van der Waals surface area contributed by atoms with Gasteiger partial charge in [-0.15, -0.1) is 11.3 Å². The van der Waals surface area contributed by atoms with Crippen molar-refractivity contribution in [2.45, 2.75) is 32.7 Å². The van der Waals surface area contributed by atoms with Crippen molar-refractivity contribution in [3.05, 3.63) is 51.7 Å². The van der Waals surface area contributed by atoms with Crippen LogP contribution in [-0.2, 0) is 4.79 Å². The lowest BCUT2D eigenvalue weighted by Gasteiger charge is -2.26. The van der Waals surface area contributed by atoms with Gasteiger partial charge in [0.15, 0.2) is 6.61 Å². The molecule has 1 aromatic carbocycles. The van der Waals surface area contributed by atoms with Gasteiger partial charge in [0, 0.05) is 11.4 Å². The van der Waals surface area contributed by atoms with Gasteiger partial charge in [-0.25, -0.2) is 0 Å². The second kappa shape index (κ2) is 8.50. The molecule has 0 radical (unpaired) electrons. The van der Waals surface area contributed by atoms with Crippen LogP contribution < -0.4 is 10.1 Å². The molecule has 1 aliphatic heterocycles. The van der Waals surface area contributed by atoms with Crippen LogP contribution in [-0.4, -0.2) is 37.0 Å². The molecule has 4 nitrogen and oxygen atoms in total. The van der Waals surface area contributed by atoms with Crippen LogP contribution in [0.2, 0.25) is 0 Å². The van der Waals surface area contributed by atoms with Crippen molar-refractivity contribution in [1.29, 1.82) is 0 Å². The average Bonchev–Trinajstić information content (AvgIpc) is 3.28. The number of nitrogens with one attached hydrogen (secondary N) is 1. The van der Waals surface area contributed by atoms with E-state index in [2.05, 4.69) is 33.8 Å². The summed E-state index contributed by atoms with van der Waals surface area (Å²) in [6.45, 7) is 6.96. The van der Waals surface area contributed by atoms with Gasteiger partial charge in [-0.1, -0.05) is 23.8 Å². The number of carbonyl (C=O) groups excluding carboxylic acids is 1. The van der Waals surface area contributed by atoms with E-state index in [9.17, 15) is 4.79 Å². The number of rotatable bonds is 7. The molecule has 1 saturated heterocycles. The van der Waals surface area contributed by atoms with Crippen LogP contribution in [0.4, 0.5) is 0 Å². The molecule has 0 spiro atoms. The third-order valence-electron chi connectivity index (χ3n) is 4.63. The smallest absolute Gasteiger partial charge is 0.258 e. The Hall–Kier alpha value is -1.85. The van der Waals surface area contributed by atoms with Crippen molar-refractivity contribution in [3.8, 4) is 5.75 Å². The highest BCUT2D eigenvalue weighted by Crippen LogP contribution is 2.27. The van der Waals surface area contributed by atoms with Crippen LogP contribution in [0.15, 0.2) is 35.7 Å². The number of carbonyl (C=O) groups is 1. The quantitative estimate of drug-likeness (QED) is 0.821. The van der Waals surface area contributed by atoms with Crippen LogP contribution in [0, 0.1) is 13.8 Å². The van der Waals surface area contributed by atoms with Gasteiger partial charge in [0.2, 0.25) is 0 Å². The maximum Gasteiger partial charge on any atom is 0.258 e. The molecule has 1 fully saturated rings. The first-order valence-corrected chi connectivity index (χ1v) is 9.75. The Labute approximate surface area is 153 Å². The zero-order valence-corrected chi connectivity index (χ0v) is 15.8. The Morgan fingerprint density at radius 2 is 2.08 bits per heavy atom. The maximum absolute atomic E-state index is 12.2. The van der Waals surface area contributed by atoms with E-state index >= 15 is 0 Å². The fourth-order valence-electron chi connectivity index (χ4n) is 3.31. The fraction of sp³-hybridized carbons (Fsp3) is 0.450. The molecular formula is C20H26N2O2S. The minimum Gasteiger partial charge on any atom is -0.484 e. The van der Waals surface area contributed by atoms with Gasteiger partial charge < -0.3 is 10.1 Å². The molecule has 2 heterocycles. The van der Waals surface area contributed by atoms with Gasteiger partial charge in [-0.05, 0) is 62.9 Å². The summed E-state index contributed by atoms with van der Waals surface area (Å²) >= 11 is 1.76. The lowest BCUT2D eigenvalue weighted by atomic mass is 10.1. The molecular weight excluding hydrogens is 332 g/mol. The van der Waals surface area contributed by atoms with Gasteiger partial charge in [-0.2, -0.15) is 0 Å². The Bertz CT molecular complexity index is 694. The molecule has 1 amide bonds. The molecule has 25 heavy (non-hydrogen) atoms. The van der Waals surface area contributed by atoms with E-state index in [1.807, 2.05) is 26.0 Å². The van der Waals surface area contributed by atoms with E-state index in [-0.39, 0.29) is 18.6 Å². The average molecular weight is 359 g/mol. The summed E-state index contributed by atoms with van der Waals surface area (Å²) in [5.41, 5.74) is 2.25. The normalized spacial score (nSPS) is 15.9. The first-order valence-electron chi connectivity index (χ1n) is 8.87. The predicted octanol–water partition coefficient (Wildman–Crippen LogP) is 3.70. The predicted molar refractivity (Wildman–Crippen MR) is 102 cm³/mol. The summed E-state index contributed by atoms with van der Waals surface area (Å²) in [4.78, 5) is 16.0. The number of hydrogen-bond acceptors (Lipinski definition) is 4. The molecule has 3 rings (SSSR count). The fourth-order valence-corrected chi connectivity index (χ4v) is 4.17. The molecule has 2 aromatic rings. The topological polar surface area (TPSA) is 41.6 Å². The molecule has 5 heteroatoms. The third-order valence-corrected chi connectivity index (χ3v) is 5.61. The van der Waals surface area contributed by atoms with E-state index < -0.39 is 0 Å². The van der Waals surface area contributed by atoms with Crippen LogP contribution >= 0.6 is 11.3 Å². The number of hydrogen-bond donors (Lipinski definition) is 1. The molecule has 134 valence electrons.